The predicted octanol–water partition coefficient (Wildman–Crippen LogP) is 3.49. The predicted molar refractivity (Wildman–Crippen MR) is 108 cm³/mol. The molecule has 1 aromatic carbocycles. The van der Waals surface area contributed by atoms with Crippen molar-refractivity contribution in [3.63, 3.8) is 0 Å². The lowest BCUT2D eigenvalue weighted by Crippen LogP contribution is -2.28. The molecule has 0 saturated heterocycles. The second-order valence-electron chi connectivity index (χ2n) is 6.20. The fraction of sp³-hybridized carbons (Fsp3) is 0.556. The van der Waals surface area contributed by atoms with Crippen LogP contribution in [0.5, 0.6) is 0 Å². The van der Waals surface area contributed by atoms with Gasteiger partial charge in [0.15, 0.2) is 5.50 Å². The van der Waals surface area contributed by atoms with E-state index in [1.807, 2.05) is 12.1 Å². The van der Waals surface area contributed by atoms with Crippen molar-refractivity contribution in [1.82, 2.24) is 4.90 Å². The first-order valence-electron chi connectivity index (χ1n) is 8.79. The maximum absolute atomic E-state index is 5.65. The minimum atomic E-state index is 0.0327. The Bertz CT molecular complexity index is 590. The van der Waals surface area contributed by atoms with Crippen LogP contribution in [0.25, 0.3) is 0 Å². The second-order valence-corrected chi connectivity index (χ2v) is 7.47. The van der Waals surface area contributed by atoms with Gasteiger partial charge in [-0.3, -0.25) is 0 Å². The third-order valence-electron chi connectivity index (χ3n) is 4.40. The van der Waals surface area contributed by atoms with Crippen LogP contribution in [0.3, 0.4) is 0 Å². The van der Waals surface area contributed by atoms with Crippen molar-refractivity contribution in [2.75, 3.05) is 38.1 Å². The summed E-state index contributed by atoms with van der Waals surface area (Å²) in [5.41, 5.74) is 14.7. The van der Waals surface area contributed by atoms with E-state index in [4.69, 9.17) is 11.5 Å². The van der Waals surface area contributed by atoms with Gasteiger partial charge in [-0.1, -0.05) is 11.8 Å². The summed E-state index contributed by atoms with van der Waals surface area (Å²) in [7, 11) is 2.05. The highest BCUT2D eigenvalue weighted by Gasteiger charge is 2.24. The molecule has 1 heterocycles. The Balaban J connectivity index is 1.99. The molecular weight excluding hydrogens is 332 g/mol. The van der Waals surface area contributed by atoms with E-state index in [0.717, 1.165) is 31.6 Å². The third kappa shape index (κ3) is 5.45. The number of thioether (sulfide) groups is 1. The van der Waals surface area contributed by atoms with Crippen LogP contribution in [0.2, 0.25) is 0 Å². The average Bonchev–Trinajstić information content (AvgIpc) is 2.87. The van der Waals surface area contributed by atoms with Crippen molar-refractivity contribution in [2.24, 2.45) is 21.7 Å². The number of hydrogen-bond acceptors (Lipinski definition) is 7. The molecule has 25 heavy (non-hydrogen) atoms. The van der Waals surface area contributed by atoms with Gasteiger partial charge in [0.05, 0.1) is 5.69 Å². The topological polar surface area (TPSA) is 83.2 Å². The minimum Gasteiger partial charge on any atom is -0.371 e. The van der Waals surface area contributed by atoms with Crippen LogP contribution in [-0.4, -0.2) is 43.6 Å². The fourth-order valence-electron chi connectivity index (χ4n) is 2.62. The van der Waals surface area contributed by atoms with Gasteiger partial charge in [-0.2, -0.15) is 10.2 Å². The number of rotatable bonds is 9. The highest BCUT2D eigenvalue weighted by molar-refractivity contribution is 8.03. The summed E-state index contributed by atoms with van der Waals surface area (Å²) < 4.78 is 0. The van der Waals surface area contributed by atoms with Crippen molar-refractivity contribution in [2.45, 2.75) is 32.2 Å². The largest absolute Gasteiger partial charge is 0.371 e. The van der Waals surface area contributed by atoms with Gasteiger partial charge in [0, 0.05) is 36.4 Å². The van der Waals surface area contributed by atoms with Gasteiger partial charge in [0.25, 0.3) is 0 Å². The van der Waals surface area contributed by atoms with Gasteiger partial charge in [-0.05, 0) is 64.0 Å². The van der Waals surface area contributed by atoms with Crippen LogP contribution in [0.1, 0.15) is 26.7 Å². The summed E-state index contributed by atoms with van der Waals surface area (Å²) in [6.07, 6.45) is 1.95. The van der Waals surface area contributed by atoms with Crippen molar-refractivity contribution in [1.29, 1.82) is 0 Å². The molecule has 0 amide bonds. The number of azo groups is 1. The van der Waals surface area contributed by atoms with Crippen LogP contribution < -0.4 is 16.4 Å². The van der Waals surface area contributed by atoms with E-state index in [0.29, 0.717) is 13.1 Å². The van der Waals surface area contributed by atoms with E-state index in [9.17, 15) is 0 Å². The SMILES string of the molecule is CC1=C(C)N(C)C(/N=N/c2ccc(N(CCCN)CCCN)cc2)S1. The van der Waals surface area contributed by atoms with Crippen molar-refractivity contribution in [3.05, 3.63) is 34.9 Å². The van der Waals surface area contributed by atoms with Gasteiger partial charge in [-0.15, -0.1) is 0 Å². The summed E-state index contributed by atoms with van der Waals surface area (Å²) in [6.45, 7) is 7.54. The molecular formula is C18H30N6S. The summed E-state index contributed by atoms with van der Waals surface area (Å²) in [4.78, 5) is 5.79. The molecule has 138 valence electrons. The molecule has 0 aliphatic carbocycles. The zero-order valence-corrected chi connectivity index (χ0v) is 16.3. The summed E-state index contributed by atoms with van der Waals surface area (Å²) in [5.74, 6) is 0. The lowest BCUT2D eigenvalue weighted by atomic mass is 10.2. The number of anilines is 1. The normalized spacial score (nSPS) is 17.8. The molecule has 0 aromatic heterocycles. The van der Waals surface area contributed by atoms with Crippen LogP contribution in [0.15, 0.2) is 45.1 Å². The van der Waals surface area contributed by atoms with E-state index >= 15 is 0 Å². The highest BCUT2D eigenvalue weighted by atomic mass is 32.2. The van der Waals surface area contributed by atoms with E-state index in [2.05, 4.69) is 53.1 Å². The molecule has 0 spiro atoms. The van der Waals surface area contributed by atoms with Gasteiger partial charge in [0.1, 0.15) is 0 Å². The fourth-order valence-corrected chi connectivity index (χ4v) is 3.66. The van der Waals surface area contributed by atoms with Gasteiger partial charge < -0.3 is 21.3 Å². The van der Waals surface area contributed by atoms with Crippen LogP contribution in [-0.2, 0) is 0 Å². The van der Waals surface area contributed by atoms with Crippen LogP contribution >= 0.6 is 11.8 Å². The first-order valence-corrected chi connectivity index (χ1v) is 9.67. The molecule has 1 aromatic rings. The molecule has 1 unspecified atom stereocenters. The smallest absolute Gasteiger partial charge is 0.193 e. The number of nitrogens with zero attached hydrogens (tertiary/aromatic N) is 4. The molecule has 1 aliphatic heterocycles. The third-order valence-corrected chi connectivity index (χ3v) is 5.67. The summed E-state index contributed by atoms with van der Waals surface area (Å²) >= 11 is 1.74. The Morgan fingerprint density at radius 2 is 1.68 bits per heavy atom. The molecule has 2 rings (SSSR count). The Morgan fingerprint density at radius 3 is 2.16 bits per heavy atom. The first kappa shape index (κ1) is 19.8. The van der Waals surface area contributed by atoms with Gasteiger partial charge >= 0.3 is 0 Å². The molecule has 1 aliphatic rings. The second kappa shape index (κ2) is 9.79. The van der Waals surface area contributed by atoms with E-state index < -0.39 is 0 Å². The van der Waals surface area contributed by atoms with E-state index in [1.165, 1.54) is 16.3 Å². The number of nitrogens with two attached hydrogens (primary N) is 2. The number of hydrogen-bond donors (Lipinski definition) is 2. The van der Waals surface area contributed by atoms with Crippen molar-refractivity contribution < 1.29 is 0 Å². The first-order chi connectivity index (χ1) is 12.1. The molecule has 7 heteroatoms. The van der Waals surface area contributed by atoms with Crippen LogP contribution in [0, 0.1) is 0 Å². The Morgan fingerprint density at radius 1 is 1.08 bits per heavy atom. The molecule has 0 fully saturated rings. The van der Waals surface area contributed by atoms with Gasteiger partial charge in [0.2, 0.25) is 0 Å². The Labute approximate surface area is 155 Å². The molecule has 0 radical (unpaired) electrons. The number of benzene rings is 1. The maximum atomic E-state index is 5.65. The minimum absolute atomic E-state index is 0.0327. The molecule has 1 atom stereocenters. The Kier molecular flexibility index (Phi) is 7.74. The summed E-state index contributed by atoms with van der Waals surface area (Å²) in [6, 6.07) is 8.23. The zero-order valence-electron chi connectivity index (χ0n) is 15.5. The number of allylic oxidation sites excluding steroid dienone is 2. The average molecular weight is 363 g/mol. The maximum Gasteiger partial charge on any atom is 0.193 e. The molecule has 4 N–H and O–H groups in total. The molecule has 6 nitrogen and oxygen atoms in total. The van der Waals surface area contributed by atoms with Crippen molar-refractivity contribution in [3.8, 4) is 0 Å². The lowest BCUT2D eigenvalue weighted by molar-refractivity contribution is 0.402. The quantitative estimate of drug-likeness (QED) is 0.657. The molecule has 0 saturated carbocycles. The highest BCUT2D eigenvalue weighted by Crippen LogP contribution is 2.37. The zero-order chi connectivity index (χ0) is 18.2. The van der Waals surface area contributed by atoms with Gasteiger partial charge in [-0.25, -0.2) is 0 Å². The Hall–Kier alpha value is -1.57. The monoisotopic (exact) mass is 362 g/mol. The van der Waals surface area contributed by atoms with Crippen LogP contribution in [0.4, 0.5) is 11.4 Å². The molecule has 0 bridgehead atoms. The van der Waals surface area contributed by atoms with E-state index in [1.54, 1.807) is 11.8 Å². The van der Waals surface area contributed by atoms with Crippen molar-refractivity contribution >= 4 is 23.1 Å². The van der Waals surface area contributed by atoms with E-state index in [-0.39, 0.29) is 5.50 Å². The summed E-state index contributed by atoms with van der Waals surface area (Å²) in [5, 5.41) is 8.88. The lowest BCUT2D eigenvalue weighted by Gasteiger charge is -2.24. The standard InChI is InChI=1S/C18H30N6S/c1-14-15(2)25-18(23(14)3)22-21-16-6-8-17(9-7-16)24(12-4-10-19)13-5-11-20/h6-9,18H,4-5,10-13,19-20H2,1-3H3/b22-21+.